The van der Waals surface area contributed by atoms with Crippen molar-refractivity contribution >= 4 is 18.0 Å². The van der Waals surface area contributed by atoms with E-state index in [1.165, 1.54) is 13.2 Å². The van der Waals surface area contributed by atoms with E-state index in [1.807, 2.05) is 0 Å². The Morgan fingerprint density at radius 2 is 1.96 bits per heavy atom. The maximum Gasteiger partial charge on any atom is 0.336 e. The van der Waals surface area contributed by atoms with Gasteiger partial charge < -0.3 is 14.2 Å². The summed E-state index contributed by atoms with van der Waals surface area (Å²) in [5.41, 5.74) is 0.709. The molecule has 23 heavy (non-hydrogen) atoms. The zero-order valence-corrected chi connectivity index (χ0v) is 13.0. The first-order valence-electron chi connectivity index (χ1n) is 6.71. The predicted molar refractivity (Wildman–Crippen MR) is 84.3 cm³/mol. The lowest BCUT2D eigenvalue weighted by Crippen LogP contribution is -2.12. The molecule has 6 nitrogen and oxygen atoms in total. The summed E-state index contributed by atoms with van der Waals surface area (Å²) in [5.74, 6) is -0.739. The number of hydrogen-bond acceptors (Lipinski definition) is 5. The van der Waals surface area contributed by atoms with Crippen molar-refractivity contribution in [2.75, 3.05) is 20.3 Å². The second-order valence-electron chi connectivity index (χ2n) is 4.44. The van der Waals surface area contributed by atoms with Crippen LogP contribution < -0.4 is 4.74 Å². The molecule has 0 fully saturated rings. The first-order valence-corrected chi connectivity index (χ1v) is 6.71. The van der Waals surface area contributed by atoms with Gasteiger partial charge in [0.25, 0.3) is 5.70 Å². The smallest absolute Gasteiger partial charge is 0.336 e. The van der Waals surface area contributed by atoms with E-state index < -0.39 is 11.9 Å². The highest BCUT2D eigenvalue weighted by molar-refractivity contribution is 5.95. The van der Waals surface area contributed by atoms with Crippen LogP contribution in [0.25, 0.3) is 10.9 Å². The summed E-state index contributed by atoms with van der Waals surface area (Å²) in [6.45, 7) is 12.3. The normalized spacial score (nSPS) is 10.4. The van der Waals surface area contributed by atoms with Crippen LogP contribution >= 0.6 is 0 Å². The third-order valence-electron chi connectivity index (χ3n) is 2.65. The van der Waals surface area contributed by atoms with E-state index in [0.717, 1.165) is 0 Å². The Bertz CT molecular complexity index is 670. The Labute approximate surface area is 134 Å². The van der Waals surface area contributed by atoms with Gasteiger partial charge in [-0.05, 0) is 19.1 Å². The van der Waals surface area contributed by atoms with Gasteiger partial charge in [-0.15, -0.1) is 0 Å². The molecule has 0 saturated heterocycles. The van der Waals surface area contributed by atoms with Crippen LogP contribution in [0.3, 0.4) is 0 Å². The van der Waals surface area contributed by atoms with Crippen molar-refractivity contribution in [3.8, 4) is 5.75 Å². The monoisotopic (exact) mass is 315 g/mol. The zero-order valence-electron chi connectivity index (χ0n) is 13.0. The Hall–Kier alpha value is -3.07. The molecule has 0 bridgehead atoms. The third kappa shape index (κ3) is 5.67. The molecular formula is C17H17NO5. The summed E-state index contributed by atoms with van der Waals surface area (Å²) in [5, 5.41) is 0. The Kier molecular flexibility index (Phi) is 7.08. The van der Waals surface area contributed by atoms with Crippen molar-refractivity contribution in [1.82, 2.24) is 0 Å². The van der Waals surface area contributed by atoms with Gasteiger partial charge in [0.2, 0.25) is 0 Å². The van der Waals surface area contributed by atoms with Gasteiger partial charge in [-0.25, -0.2) is 9.64 Å². The van der Waals surface area contributed by atoms with Gasteiger partial charge in [0.1, 0.15) is 19.0 Å². The van der Waals surface area contributed by atoms with Gasteiger partial charge in [0.15, 0.2) is 0 Å². The molecule has 1 rings (SSSR count). The molecule has 0 unspecified atom stereocenters. The lowest BCUT2D eigenvalue weighted by Gasteiger charge is -2.10. The first-order chi connectivity index (χ1) is 11.0. The molecular weight excluding hydrogens is 298 g/mol. The van der Waals surface area contributed by atoms with E-state index in [1.54, 1.807) is 31.2 Å². The molecule has 1 aromatic rings. The molecule has 0 aromatic heterocycles. The third-order valence-corrected chi connectivity index (χ3v) is 2.65. The van der Waals surface area contributed by atoms with Gasteiger partial charge in [-0.2, -0.15) is 0 Å². The summed E-state index contributed by atoms with van der Waals surface area (Å²) in [6.07, 6.45) is 1.38. The van der Waals surface area contributed by atoms with Crippen LogP contribution in [0.2, 0.25) is 0 Å². The van der Waals surface area contributed by atoms with Gasteiger partial charge in [-0.1, -0.05) is 24.8 Å². The molecule has 0 atom stereocenters. The summed E-state index contributed by atoms with van der Waals surface area (Å²) in [6, 6.07) is 6.88. The second kappa shape index (κ2) is 9.05. The summed E-state index contributed by atoms with van der Waals surface area (Å²) in [7, 11) is 1.21. The number of ether oxygens (including phenoxy) is 3. The molecule has 0 amide bonds. The standard InChI is InChI=1S/C17H17NO5/c1-12(2)16(19)23-10-9-22-15-8-6-5-7-13(15)11-14(18-3)17(20)21-4/h5-8,11H,1,9-10H2,2,4H3/b14-11-. The first kappa shape index (κ1) is 18.0. The van der Waals surface area contributed by atoms with Crippen molar-refractivity contribution in [3.63, 3.8) is 0 Å². The Morgan fingerprint density at radius 1 is 1.26 bits per heavy atom. The lowest BCUT2D eigenvalue weighted by atomic mass is 10.1. The average molecular weight is 315 g/mol. The molecule has 1 aromatic carbocycles. The largest absolute Gasteiger partial charge is 0.489 e. The van der Waals surface area contributed by atoms with Gasteiger partial charge in [0, 0.05) is 11.1 Å². The fraction of sp³-hybridized carbons (Fsp3) is 0.235. The van der Waals surface area contributed by atoms with E-state index in [9.17, 15) is 9.59 Å². The van der Waals surface area contributed by atoms with Crippen LogP contribution in [0.5, 0.6) is 5.75 Å². The minimum Gasteiger partial charge on any atom is -0.489 e. The average Bonchev–Trinajstić information content (AvgIpc) is 2.56. The maximum absolute atomic E-state index is 11.4. The van der Waals surface area contributed by atoms with E-state index in [-0.39, 0.29) is 18.9 Å². The van der Waals surface area contributed by atoms with E-state index in [4.69, 9.17) is 16.0 Å². The maximum atomic E-state index is 11.4. The lowest BCUT2D eigenvalue weighted by molar-refractivity contribution is -0.139. The molecule has 0 aliphatic rings. The predicted octanol–water partition coefficient (Wildman–Crippen LogP) is 2.62. The molecule has 0 spiro atoms. The SMILES string of the molecule is [C-]#[N+]/C(=C\c1ccccc1OCCOC(=O)C(=C)C)C(=O)OC. The number of carbonyl (C=O) groups excluding carboxylic acids is 2. The number of rotatable bonds is 7. The molecule has 0 saturated carbocycles. The highest BCUT2D eigenvalue weighted by Gasteiger charge is 2.11. The number of benzene rings is 1. The van der Waals surface area contributed by atoms with Crippen LogP contribution in [-0.4, -0.2) is 32.3 Å². The van der Waals surface area contributed by atoms with Crippen molar-refractivity contribution < 1.29 is 23.8 Å². The van der Waals surface area contributed by atoms with Crippen molar-refractivity contribution in [1.29, 1.82) is 0 Å². The van der Waals surface area contributed by atoms with Crippen LogP contribution in [0.1, 0.15) is 12.5 Å². The van der Waals surface area contributed by atoms with Gasteiger partial charge in [-0.3, -0.25) is 4.79 Å². The van der Waals surface area contributed by atoms with E-state index in [0.29, 0.717) is 16.9 Å². The zero-order chi connectivity index (χ0) is 17.2. The minimum atomic E-state index is -0.717. The number of para-hydroxylation sites is 1. The van der Waals surface area contributed by atoms with Crippen LogP contribution in [0.15, 0.2) is 42.1 Å². The quantitative estimate of drug-likeness (QED) is 0.335. The Morgan fingerprint density at radius 3 is 2.57 bits per heavy atom. The van der Waals surface area contributed by atoms with E-state index >= 15 is 0 Å². The fourth-order valence-corrected chi connectivity index (χ4v) is 1.53. The van der Waals surface area contributed by atoms with Crippen LogP contribution in [0, 0.1) is 6.57 Å². The highest BCUT2D eigenvalue weighted by Crippen LogP contribution is 2.21. The highest BCUT2D eigenvalue weighted by atomic mass is 16.6. The summed E-state index contributed by atoms with van der Waals surface area (Å²) < 4.78 is 15.0. The number of nitrogens with zero attached hydrogens (tertiary/aromatic N) is 1. The molecule has 120 valence electrons. The van der Waals surface area contributed by atoms with Gasteiger partial charge >= 0.3 is 11.9 Å². The molecule has 0 aliphatic carbocycles. The molecule has 0 aliphatic heterocycles. The minimum absolute atomic E-state index is 0.0659. The van der Waals surface area contributed by atoms with Crippen molar-refractivity contribution in [2.24, 2.45) is 0 Å². The van der Waals surface area contributed by atoms with E-state index in [2.05, 4.69) is 16.2 Å². The summed E-state index contributed by atoms with van der Waals surface area (Å²) >= 11 is 0. The molecule has 6 heteroatoms. The Balaban J connectivity index is 2.77. The van der Waals surface area contributed by atoms with Crippen LogP contribution in [0.4, 0.5) is 0 Å². The van der Waals surface area contributed by atoms with Crippen molar-refractivity contribution in [3.05, 3.63) is 59.1 Å². The second-order valence-corrected chi connectivity index (χ2v) is 4.44. The molecule has 0 N–H and O–H groups in total. The number of methoxy groups -OCH3 is 1. The molecule has 0 heterocycles. The number of carbonyl (C=O) groups is 2. The number of esters is 2. The van der Waals surface area contributed by atoms with Crippen molar-refractivity contribution in [2.45, 2.75) is 6.92 Å². The van der Waals surface area contributed by atoms with Gasteiger partial charge in [0.05, 0.1) is 13.7 Å². The molecule has 0 radical (unpaired) electrons. The number of hydrogen-bond donors (Lipinski definition) is 0. The van der Waals surface area contributed by atoms with Crippen LogP contribution in [-0.2, 0) is 19.1 Å². The summed E-state index contributed by atoms with van der Waals surface area (Å²) in [4.78, 5) is 25.8. The topological polar surface area (TPSA) is 66.2 Å². The fourth-order valence-electron chi connectivity index (χ4n) is 1.53.